The molecule has 23 heavy (non-hydrogen) atoms. The Hall–Kier alpha value is -2.53. The Morgan fingerprint density at radius 3 is 2.43 bits per heavy atom. The van der Waals surface area contributed by atoms with Gasteiger partial charge in [-0.05, 0) is 49.2 Å². The van der Waals surface area contributed by atoms with Crippen molar-refractivity contribution in [1.29, 1.82) is 0 Å². The van der Waals surface area contributed by atoms with E-state index in [4.69, 9.17) is 22.1 Å². The lowest BCUT2D eigenvalue weighted by Gasteiger charge is -2.11. The number of nitrogens with one attached hydrogen (secondary N) is 1. The van der Waals surface area contributed by atoms with Crippen LogP contribution in [-0.2, 0) is 4.79 Å². The molecule has 0 saturated heterocycles. The van der Waals surface area contributed by atoms with Gasteiger partial charge >= 0.3 is 0 Å². The fourth-order valence-corrected chi connectivity index (χ4v) is 2.29. The number of hydrogen-bond acceptors (Lipinski definition) is 3. The van der Waals surface area contributed by atoms with E-state index >= 15 is 0 Å². The van der Waals surface area contributed by atoms with Crippen molar-refractivity contribution < 1.29 is 14.3 Å². The summed E-state index contributed by atoms with van der Waals surface area (Å²) in [6.07, 6.45) is 0. The summed E-state index contributed by atoms with van der Waals surface area (Å²) in [6.45, 7) is 3.50. The summed E-state index contributed by atoms with van der Waals surface area (Å²) in [5.41, 5.74) is 7.92. The number of carbonyl (C=O) groups excluding carboxylic acids is 2. The highest BCUT2D eigenvalue weighted by atomic mass is 35.5. The number of halogens is 1. The quantitative estimate of drug-likeness (QED) is 0.882. The second-order valence-electron chi connectivity index (χ2n) is 5.18. The molecule has 3 N–H and O–H groups in total. The summed E-state index contributed by atoms with van der Waals surface area (Å²) >= 11 is 6.06. The molecule has 0 fully saturated rings. The molecule has 2 aromatic carbocycles. The maximum absolute atomic E-state index is 12.0. The predicted molar refractivity (Wildman–Crippen MR) is 90.0 cm³/mol. The minimum atomic E-state index is -0.609. The van der Waals surface area contributed by atoms with Gasteiger partial charge in [0.05, 0.1) is 16.3 Å². The van der Waals surface area contributed by atoms with Gasteiger partial charge in [-0.3, -0.25) is 9.59 Å². The molecule has 0 aliphatic carbocycles. The summed E-state index contributed by atoms with van der Waals surface area (Å²) in [6, 6.07) is 10.3. The van der Waals surface area contributed by atoms with Gasteiger partial charge in [-0.15, -0.1) is 0 Å². The van der Waals surface area contributed by atoms with E-state index in [1.165, 1.54) is 0 Å². The van der Waals surface area contributed by atoms with Gasteiger partial charge in [0, 0.05) is 0 Å². The zero-order chi connectivity index (χ0) is 17.0. The van der Waals surface area contributed by atoms with Crippen molar-refractivity contribution in [1.82, 2.24) is 0 Å². The molecule has 0 aliphatic rings. The summed E-state index contributed by atoms with van der Waals surface area (Å²) in [5, 5.41) is 3.11. The molecule has 2 amide bonds. The zero-order valence-electron chi connectivity index (χ0n) is 12.9. The summed E-state index contributed by atoms with van der Waals surface area (Å²) < 4.78 is 5.42. The topological polar surface area (TPSA) is 81.4 Å². The van der Waals surface area contributed by atoms with E-state index < -0.39 is 5.91 Å². The maximum atomic E-state index is 12.0. The lowest BCUT2D eigenvalue weighted by molar-refractivity contribution is -0.118. The first kappa shape index (κ1) is 16.8. The van der Waals surface area contributed by atoms with Crippen molar-refractivity contribution in [2.45, 2.75) is 13.8 Å². The largest absolute Gasteiger partial charge is 0.483 e. The van der Waals surface area contributed by atoms with Crippen LogP contribution in [0.25, 0.3) is 0 Å². The van der Waals surface area contributed by atoms with E-state index in [1.54, 1.807) is 30.3 Å². The van der Waals surface area contributed by atoms with Gasteiger partial charge < -0.3 is 15.8 Å². The Labute approximate surface area is 139 Å². The van der Waals surface area contributed by atoms with Crippen molar-refractivity contribution in [3.8, 4) is 5.75 Å². The van der Waals surface area contributed by atoms with Gasteiger partial charge in [0.15, 0.2) is 6.61 Å². The molecule has 5 nitrogen and oxygen atoms in total. The molecule has 0 bridgehead atoms. The predicted octanol–water partition coefficient (Wildman–Crippen LogP) is 3.07. The highest BCUT2D eigenvalue weighted by molar-refractivity contribution is 6.33. The third-order valence-corrected chi connectivity index (χ3v) is 3.47. The summed E-state index contributed by atoms with van der Waals surface area (Å²) in [7, 11) is 0. The van der Waals surface area contributed by atoms with Gasteiger partial charge in [0.1, 0.15) is 5.75 Å². The molecular formula is C17H17ClN2O3. The van der Waals surface area contributed by atoms with E-state index in [1.807, 2.05) is 19.9 Å². The second kappa shape index (κ2) is 7.15. The van der Waals surface area contributed by atoms with Crippen LogP contribution < -0.4 is 15.8 Å². The van der Waals surface area contributed by atoms with Crippen LogP contribution in [0.5, 0.6) is 5.75 Å². The number of benzene rings is 2. The lowest BCUT2D eigenvalue weighted by atomic mass is 10.1. The second-order valence-corrected chi connectivity index (χ2v) is 5.59. The van der Waals surface area contributed by atoms with Crippen LogP contribution in [-0.4, -0.2) is 18.4 Å². The number of nitrogens with two attached hydrogens (primary N) is 1. The van der Waals surface area contributed by atoms with E-state index in [-0.39, 0.29) is 23.8 Å². The average Bonchev–Trinajstić information content (AvgIpc) is 2.48. The Kier molecular flexibility index (Phi) is 5.24. The van der Waals surface area contributed by atoms with Crippen molar-refractivity contribution in [2.75, 3.05) is 11.9 Å². The molecular weight excluding hydrogens is 316 g/mol. The SMILES string of the molecule is Cc1ccc(NC(=O)COc2cc(C)ccc2C(N)=O)c(Cl)c1. The summed E-state index contributed by atoms with van der Waals surface area (Å²) in [5.74, 6) is -0.711. The molecule has 6 heteroatoms. The minimum Gasteiger partial charge on any atom is -0.483 e. The number of anilines is 1. The number of aryl methyl sites for hydroxylation is 2. The Morgan fingerprint density at radius 2 is 1.78 bits per heavy atom. The smallest absolute Gasteiger partial charge is 0.262 e. The Balaban J connectivity index is 2.05. The standard InChI is InChI=1S/C17H17ClN2O3/c1-10-4-6-14(13(18)7-10)20-16(21)9-23-15-8-11(2)3-5-12(15)17(19)22/h3-8H,9H2,1-2H3,(H2,19,22)(H,20,21). The molecule has 2 rings (SSSR count). The number of hydrogen-bond donors (Lipinski definition) is 2. The number of ether oxygens (including phenoxy) is 1. The number of rotatable bonds is 5. The fourth-order valence-electron chi connectivity index (χ4n) is 2.00. The van der Waals surface area contributed by atoms with E-state index in [0.717, 1.165) is 11.1 Å². The van der Waals surface area contributed by atoms with Gasteiger partial charge in [-0.2, -0.15) is 0 Å². The maximum Gasteiger partial charge on any atom is 0.262 e. The van der Waals surface area contributed by atoms with Gasteiger partial charge in [0.2, 0.25) is 0 Å². The number of primary amides is 1. The van der Waals surface area contributed by atoms with E-state index in [0.29, 0.717) is 10.7 Å². The highest BCUT2D eigenvalue weighted by Gasteiger charge is 2.12. The molecule has 0 radical (unpaired) electrons. The van der Waals surface area contributed by atoms with Crippen LogP contribution >= 0.6 is 11.6 Å². The van der Waals surface area contributed by atoms with Crippen LogP contribution in [0.2, 0.25) is 5.02 Å². The molecule has 0 aromatic heterocycles. The van der Waals surface area contributed by atoms with Crippen molar-refractivity contribution in [3.63, 3.8) is 0 Å². The molecule has 0 aliphatic heterocycles. The van der Waals surface area contributed by atoms with Crippen LogP contribution in [0.3, 0.4) is 0 Å². The molecule has 120 valence electrons. The molecule has 0 heterocycles. The van der Waals surface area contributed by atoms with Crippen molar-refractivity contribution >= 4 is 29.1 Å². The number of carbonyl (C=O) groups is 2. The van der Waals surface area contributed by atoms with Crippen LogP contribution in [0.4, 0.5) is 5.69 Å². The third-order valence-electron chi connectivity index (χ3n) is 3.16. The van der Waals surface area contributed by atoms with Gasteiger partial charge in [0.25, 0.3) is 11.8 Å². The van der Waals surface area contributed by atoms with Crippen molar-refractivity contribution in [2.24, 2.45) is 5.73 Å². The Bertz CT molecular complexity index is 759. The first-order chi connectivity index (χ1) is 10.9. The molecule has 0 unspecified atom stereocenters. The van der Waals surface area contributed by atoms with Crippen LogP contribution in [0.1, 0.15) is 21.5 Å². The fraction of sp³-hybridized carbons (Fsp3) is 0.176. The number of amides is 2. The zero-order valence-corrected chi connectivity index (χ0v) is 13.6. The van der Waals surface area contributed by atoms with Gasteiger partial charge in [-0.25, -0.2) is 0 Å². The molecule has 2 aromatic rings. The van der Waals surface area contributed by atoms with Crippen molar-refractivity contribution in [3.05, 3.63) is 58.1 Å². The van der Waals surface area contributed by atoms with Gasteiger partial charge in [-0.1, -0.05) is 23.7 Å². The highest BCUT2D eigenvalue weighted by Crippen LogP contribution is 2.23. The molecule has 0 saturated carbocycles. The minimum absolute atomic E-state index is 0.233. The Morgan fingerprint density at radius 1 is 1.13 bits per heavy atom. The third kappa shape index (κ3) is 4.47. The summed E-state index contributed by atoms with van der Waals surface area (Å²) in [4.78, 5) is 23.3. The molecule has 0 atom stereocenters. The van der Waals surface area contributed by atoms with E-state index in [9.17, 15) is 9.59 Å². The monoisotopic (exact) mass is 332 g/mol. The van der Waals surface area contributed by atoms with E-state index in [2.05, 4.69) is 5.32 Å². The lowest BCUT2D eigenvalue weighted by Crippen LogP contribution is -2.22. The first-order valence-electron chi connectivity index (χ1n) is 6.96. The normalized spacial score (nSPS) is 10.2. The first-order valence-corrected chi connectivity index (χ1v) is 7.34. The van der Waals surface area contributed by atoms with Crippen LogP contribution in [0.15, 0.2) is 36.4 Å². The van der Waals surface area contributed by atoms with Crippen LogP contribution in [0, 0.1) is 13.8 Å². The average molecular weight is 333 g/mol. The molecule has 0 spiro atoms.